The zero-order valence-corrected chi connectivity index (χ0v) is 22.4. The molecule has 36 heavy (non-hydrogen) atoms. The van der Waals surface area contributed by atoms with Gasteiger partial charge in [0.05, 0.1) is 5.69 Å². The van der Waals surface area contributed by atoms with E-state index < -0.39 is 0 Å². The zero-order valence-electron chi connectivity index (χ0n) is 21.6. The maximum Gasteiger partial charge on any atom is 0.223 e. The molecule has 2 aliphatic heterocycles. The fourth-order valence-corrected chi connectivity index (χ4v) is 5.49. The molecule has 5 rings (SSSR count). The van der Waals surface area contributed by atoms with Crippen LogP contribution in [0.4, 0.5) is 0 Å². The number of hydrogen-bond donors (Lipinski definition) is 1. The Hall–Kier alpha value is -2.63. The van der Waals surface area contributed by atoms with Crippen molar-refractivity contribution in [2.75, 3.05) is 19.6 Å². The van der Waals surface area contributed by atoms with Crippen molar-refractivity contribution in [3.8, 4) is 11.3 Å². The van der Waals surface area contributed by atoms with Gasteiger partial charge in [-0.2, -0.15) is 0 Å². The smallest absolute Gasteiger partial charge is 0.223 e. The van der Waals surface area contributed by atoms with Gasteiger partial charge in [-0.25, -0.2) is 0 Å². The Morgan fingerprint density at radius 1 is 1.08 bits per heavy atom. The van der Waals surface area contributed by atoms with Crippen LogP contribution in [0.3, 0.4) is 0 Å². The van der Waals surface area contributed by atoms with Crippen molar-refractivity contribution in [1.29, 1.82) is 0 Å². The molecule has 2 atom stereocenters. The summed E-state index contributed by atoms with van der Waals surface area (Å²) in [5, 5.41) is 7.91. The molecule has 3 aromatic rings. The number of amides is 1. The lowest BCUT2D eigenvalue weighted by Gasteiger charge is -2.34. The van der Waals surface area contributed by atoms with E-state index in [9.17, 15) is 4.79 Å². The molecule has 192 valence electrons. The Labute approximate surface area is 221 Å². The van der Waals surface area contributed by atoms with Gasteiger partial charge in [0.25, 0.3) is 0 Å². The number of rotatable bonds is 5. The van der Waals surface area contributed by atoms with Crippen LogP contribution < -0.4 is 5.32 Å². The molecular formula is C30H38ClN3O2. The first-order valence-corrected chi connectivity index (χ1v) is 13.0. The summed E-state index contributed by atoms with van der Waals surface area (Å²) in [6.07, 6.45) is 3.43. The second-order valence-electron chi connectivity index (χ2n) is 11.3. The van der Waals surface area contributed by atoms with Crippen LogP contribution in [0.25, 0.3) is 11.3 Å². The van der Waals surface area contributed by atoms with Crippen molar-refractivity contribution in [2.24, 2.45) is 11.8 Å². The van der Waals surface area contributed by atoms with E-state index in [1.807, 2.05) is 0 Å². The Kier molecular flexibility index (Phi) is 8.21. The molecule has 0 saturated carbocycles. The monoisotopic (exact) mass is 507 g/mol. The van der Waals surface area contributed by atoms with Crippen molar-refractivity contribution in [3.63, 3.8) is 0 Å². The quantitative estimate of drug-likeness (QED) is 0.474. The zero-order chi connectivity index (χ0) is 24.4. The number of carbonyl (C=O) groups excluding carboxylic acids is 1. The van der Waals surface area contributed by atoms with Gasteiger partial charge in [0.15, 0.2) is 5.76 Å². The number of benzene rings is 2. The van der Waals surface area contributed by atoms with E-state index in [0.717, 1.165) is 62.5 Å². The summed E-state index contributed by atoms with van der Waals surface area (Å²) in [6.45, 7) is 10.1. The van der Waals surface area contributed by atoms with Gasteiger partial charge in [-0.15, -0.1) is 12.4 Å². The highest BCUT2D eigenvalue weighted by Gasteiger charge is 2.30. The molecule has 0 bridgehead atoms. The lowest BCUT2D eigenvalue weighted by atomic mass is 9.80. The Morgan fingerprint density at radius 3 is 2.58 bits per heavy atom. The SMILES string of the molecule is CC(C)(C)c1ccc(-c2cc(C[C@H]3CNCC[C@H]3CC(=O)N3CCc4ccccc4C3)no2)cc1.Cl. The number of carbonyl (C=O) groups is 1. The van der Waals surface area contributed by atoms with E-state index in [0.29, 0.717) is 18.3 Å². The molecule has 3 heterocycles. The number of aromatic nitrogens is 1. The number of hydrogen-bond acceptors (Lipinski definition) is 4. The molecule has 0 spiro atoms. The van der Waals surface area contributed by atoms with Gasteiger partial charge in [-0.05, 0) is 66.3 Å². The summed E-state index contributed by atoms with van der Waals surface area (Å²) in [4.78, 5) is 15.3. The number of nitrogens with one attached hydrogen (secondary N) is 1. The maximum atomic E-state index is 13.2. The lowest BCUT2D eigenvalue weighted by molar-refractivity contribution is -0.133. The minimum atomic E-state index is 0. The van der Waals surface area contributed by atoms with Crippen LogP contribution >= 0.6 is 12.4 Å². The van der Waals surface area contributed by atoms with E-state index >= 15 is 0 Å². The number of nitrogens with zero attached hydrogens (tertiary/aromatic N) is 2. The van der Waals surface area contributed by atoms with Crippen molar-refractivity contribution in [3.05, 3.63) is 77.0 Å². The fraction of sp³-hybridized carbons (Fsp3) is 0.467. The Morgan fingerprint density at radius 2 is 1.83 bits per heavy atom. The van der Waals surface area contributed by atoms with Gasteiger partial charge in [0, 0.05) is 31.1 Å². The molecule has 0 radical (unpaired) electrons. The van der Waals surface area contributed by atoms with E-state index in [4.69, 9.17) is 4.52 Å². The van der Waals surface area contributed by atoms with E-state index in [1.54, 1.807) is 0 Å². The molecule has 1 aromatic heterocycles. The van der Waals surface area contributed by atoms with Crippen molar-refractivity contribution < 1.29 is 9.32 Å². The third-order valence-electron chi connectivity index (χ3n) is 7.75. The standard InChI is InChI=1S/C30H37N3O2.ClH/c1-30(2,3)26-10-8-22(9-11-26)28-18-27(32-35-28)16-25-19-31-14-12-23(25)17-29(34)33-15-13-21-6-4-5-7-24(21)20-33;/h4-11,18,23,25,31H,12-17,19-20H2,1-3H3;1H/t23-,25-;/m0./s1. The first-order chi connectivity index (χ1) is 16.9. The Balaban J connectivity index is 0.00000304. The minimum Gasteiger partial charge on any atom is -0.356 e. The van der Waals surface area contributed by atoms with Crippen LogP contribution in [0.15, 0.2) is 59.1 Å². The first kappa shape index (κ1) is 26.4. The van der Waals surface area contributed by atoms with Crippen molar-refractivity contribution in [1.82, 2.24) is 15.4 Å². The molecule has 0 aliphatic carbocycles. The average molecular weight is 508 g/mol. The van der Waals surface area contributed by atoms with Crippen LogP contribution in [-0.4, -0.2) is 35.6 Å². The summed E-state index contributed by atoms with van der Waals surface area (Å²) in [5.41, 5.74) is 6.13. The predicted molar refractivity (Wildman–Crippen MR) is 146 cm³/mol. The van der Waals surface area contributed by atoms with E-state index in [-0.39, 0.29) is 23.7 Å². The number of fused-ring (bicyclic) bond motifs is 1. The van der Waals surface area contributed by atoms with Gasteiger partial charge in [0.2, 0.25) is 5.91 Å². The molecule has 2 aromatic carbocycles. The van der Waals surface area contributed by atoms with E-state index in [1.165, 1.54) is 16.7 Å². The van der Waals surface area contributed by atoms with Gasteiger partial charge in [-0.1, -0.05) is 74.5 Å². The van der Waals surface area contributed by atoms with Crippen molar-refractivity contribution >= 4 is 18.3 Å². The fourth-order valence-electron chi connectivity index (χ4n) is 5.49. The minimum absolute atomic E-state index is 0. The highest BCUT2D eigenvalue weighted by molar-refractivity contribution is 5.85. The molecule has 1 saturated heterocycles. The van der Waals surface area contributed by atoms with Gasteiger partial charge in [-0.3, -0.25) is 4.79 Å². The molecular weight excluding hydrogens is 470 g/mol. The van der Waals surface area contributed by atoms with Crippen LogP contribution in [0.2, 0.25) is 0 Å². The summed E-state index contributed by atoms with van der Waals surface area (Å²) in [6, 6.07) is 19.1. The first-order valence-electron chi connectivity index (χ1n) is 13.0. The normalized spacial score (nSPS) is 19.9. The summed E-state index contributed by atoms with van der Waals surface area (Å²) < 4.78 is 5.72. The third kappa shape index (κ3) is 6.01. The highest BCUT2D eigenvalue weighted by Crippen LogP contribution is 2.30. The molecule has 5 nitrogen and oxygen atoms in total. The number of piperidine rings is 1. The van der Waals surface area contributed by atoms with Crippen LogP contribution in [0, 0.1) is 11.8 Å². The average Bonchev–Trinajstić information content (AvgIpc) is 3.33. The lowest BCUT2D eigenvalue weighted by Crippen LogP contribution is -2.42. The van der Waals surface area contributed by atoms with Crippen LogP contribution in [0.5, 0.6) is 0 Å². The highest BCUT2D eigenvalue weighted by atomic mass is 35.5. The van der Waals surface area contributed by atoms with Gasteiger partial charge >= 0.3 is 0 Å². The van der Waals surface area contributed by atoms with E-state index in [2.05, 4.69) is 90.7 Å². The molecule has 6 heteroatoms. The van der Waals surface area contributed by atoms with Crippen molar-refractivity contribution in [2.45, 2.75) is 58.4 Å². The topological polar surface area (TPSA) is 58.4 Å². The molecule has 1 amide bonds. The maximum absolute atomic E-state index is 13.2. The second kappa shape index (κ2) is 11.2. The van der Waals surface area contributed by atoms with Gasteiger partial charge < -0.3 is 14.7 Å². The van der Waals surface area contributed by atoms with Crippen LogP contribution in [-0.2, 0) is 29.6 Å². The molecule has 1 fully saturated rings. The largest absolute Gasteiger partial charge is 0.356 e. The second-order valence-corrected chi connectivity index (χ2v) is 11.3. The molecule has 2 aliphatic rings. The van der Waals surface area contributed by atoms with Gasteiger partial charge in [0.1, 0.15) is 0 Å². The molecule has 1 N–H and O–H groups in total. The molecule has 0 unspecified atom stereocenters. The van der Waals surface area contributed by atoms with Crippen LogP contribution in [0.1, 0.15) is 56.0 Å². The summed E-state index contributed by atoms with van der Waals surface area (Å²) in [5.74, 6) is 1.85. The Bertz CT molecular complexity index is 1170. The predicted octanol–water partition coefficient (Wildman–Crippen LogP) is 5.80. The third-order valence-corrected chi connectivity index (χ3v) is 7.75. The number of halogens is 1. The summed E-state index contributed by atoms with van der Waals surface area (Å²) in [7, 11) is 0. The summed E-state index contributed by atoms with van der Waals surface area (Å²) >= 11 is 0.